The van der Waals surface area contributed by atoms with Gasteiger partial charge in [-0.05, 0) is 17.7 Å². The van der Waals surface area contributed by atoms with Crippen molar-refractivity contribution in [2.45, 2.75) is 13.1 Å². The third kappa shape index (κ3) is 3.75. The smallest absolute Gasteiger partial charge is 0.129 e. The summed E-state index contributed by atoms with van der Waals surface area (Å²) in [5, 5.41) is 13.2. The number of hydrogen-bond donors (Lipinski definition) is 0. The van der Waals surface area contributed by atoms with Gasteiger partial charge in [-0.15, -0.1) is 5.10 Å². The molecule has 0 amide bonds. The largest absolute Gasteiger partial charge is 0.268 e. The van der Waals surface area contributed by atoms with Crippen LogP contribution >= 0.6 is 11.6 Å². The van der Waals surface area contributed by atoms with Crippen molar-refractivity contribution >= 4 is 11.6 Å². The van der Waals surface area contributed by atoms with E-state index >= 15 is 0 Å². The first-order valence-electron chi connectivity index (χ1n) is 7.83. The van der Waals surface area contributed by atoms with Crippen molar-refractivity contribution in [2.24, 2.45) is 0 Å². The third-order valence-electron chi connectivity index (χ3n) is 3.78. The number of halogens is 1. The number of rotatable bonds is 5. The number of pyridine rings is 1. The van der Waals surface area contributed by atoms with Crippen molar-refractivity contribution in [3.05, 3.63) is 83.5 Å². The standard InChI is InChI=1S/C18H15ClN6/c19-18-7-6-16(9-20-18)17-13-25(23-22-17)12-15-8-21-24(11-15)10-14-4-2-1-3-5-14/h1-9,11,13H,10,12H2. The van der Waals surface area contributed by atoms with E-state index in [2.05, 4.69) is 32.5 Å². The van der Waals surface area contributed by atoms with Crippen LogP contribution in [-0.4, -0.2) is 29.8 Å². The van der Waals surface area contributed by atoms with Gasteiger partial charge in [-0.2, -0.15) is 5.10 Å². The van der Waals surface area contributed by atoms with Crippen LogP contribution in [-0.2, 0) is 13.1 Å². The lowest BCUT2D eigenvalue weighted by Gasteiger charge is -2.01. The average molecular weight is 351 g/mol. The zero-order valence-corrected chi connectivity index (χ0v) is 14.1. The number of aromatic nitrogens is 6. The third-order valence-corrected chi connectivity index (χ3v) is 4.00. The molecule has 4 rings (SSSR count). The Balaban J connectivity index is 1.45. The summed E-state index contributed by atoms with van der Waals surface area (Å²) in [7, 11) is 0. The molecule has 0 saturated carbocycles. The topological polar surface area (TPSA) is 61.4 Å². The summed E-state index contributed by atoms with van der Waals surface area (Å²) >= 11 is 5.81. The summed E-state index contributed by atoms with van der Waals surface area (Å²) in [5.74, 6) is 0. The van der Waals surface area contributed by atoms with Gasteiger partial charge in [0.25, 0.3) is 0 Å². The van der Waals surface area contributed by atoms with E-state index in [0.29, 0.717) is 11.7 Å². The van der Waals surface area contributed by atoms with Gasteiger partial charge in [0.1, 0.15) is 10.8 Å². The molecule has 0 radical (unpaired) electrons. The van der Waals surface area contributed by atoms with Crippen molar-refractivity contribution < 1.29 is 0 Å². The molecule has 1 aromatic carbocycles. The highest BCUT2D eigenvalue weighted by molar-refractivity contribution is 6.29. The molecule has 25 heavy (non-hydrogen) atoms. The van der Waals surface area contributed by atoms with Gasteiger partial charge >= 0.3 is 0 Å². The second-order valence-corrected chi connectivity index (χ2v) is 6.09. The zero-order chi connectivity index (χ0) is 17.1. The Morgan fingerprint density at radius 1 is 0.840 bits per heavy atom. The van der Waals surface area contributed by atoms with E-state index < -0.39 is 0 Å². The van der Waals surface area contributed by atoms with Crippen molar-refractivity contribution in [3.63, 3.8) is 0 Å². The molecular formula is C18H15ClN6. The highest BCUT2D eigenvalue weighted by Crippen LogP contribution is 2.17. The Labute approximate surface area is 149 Å². The van der Waals surface area contributed by atoms with Crippen molar-refractivity contribution in [1.29, 1.82) is 0 Å². The molecule has 0 bridgehead atoms. The first kappa shape index (κ1) is 15.5. The van der Waals surface area contributed by atoms with Gasteiger partial charge < -0.3 is 0 Å². The highest BCUT2D eigenvalue weighted by atomic mass is 35.5. The zero-order valence-electron chi connectivity index (χ0n) is 13.3. The maximum Gasteiger partial charge on any atom is 0.129 e. The lowest BCUT2D eigenvalue weighted by atomic mass is 10.2. The van der Waals surface area contributed by atoms with Crippen LogP contribution in [0.15, 0.2) is 67.3 Å². The van der Waals surface area contributed by atoms with Crippen molar-refractivity contribution in [3.8, 4) is 11.3 Å². The molecule has 0 aliphatic carbocycles. The predicted molar refractivity (Wildman–Crippen MR) is 95.1 cm³/mol. The van der Waals surface area contributed by atoms with Gasteiger partial charge in [0.15, 0.2) is 0 Å². The van der Waals surface area contributed by atoms with Gasteiger partial charge in [0, 0.05) is 23.5 Å². The van der Waals surface area contributed by atoms with E-state index in [4.69, 9.17) is 11.6 Å². The van der Waals surface area contributed by atoms with Gasteiger partial charge in [0.05, 0.1) is 25.5 Å². The summed E-state index contributed by atoms with van der Waals surface area (Å²) in [6.45, 7) is 1.36. The fraction of sp³-hybridized carbons (Fsp3) is 0.111. The maximum atomic E-state index is 5.81. The van der Waals surface area contributed by atoms with Gasteiger partial charge in [0.2, 0.25) is 0 Å². The molecule has 0 fully saturated rings. The molecule has 3 heterocycles. The summed E-state index contributed by atoms with van der Waals surface area (Å²) in [6, 6.07) is 13.9. The summed E-state index contributed by atoms with van der Waals surface area (Å²) in [6.07, 6.45) is 7.46. The van der Waals surface area contributed by atoms with E-state index in [1.54, 1.807) is 16.9 Å². The Kier molecular flexibility index (Phi) is 4.26. The minimum Gasteiger partial charge on any atom is -0.268 e. The minimum atomic E-state index is 0.460. The summed E-state index contributed by atoms with van der Waals surface area (Å²) < 4.78 is 3.71. The molecule has 0 saturated heterocycles. The molecule has 0 aliphatic rings. The first-order chi connectivity index (χ1) is 12.3. The molecule has 0 atom stereocenters. The summed E-state index contributed by atoms with van der Waals surface area (Å²) in [4.78, 5) is 4.07. The summed E-state index contributed by atoms with van der Waals surface area (Å²) in [5.41, 5.74) is 3.94. The number of nitrogens with zero attached hydrogens (tertiary/aromatic N) is 6. The first-order valence-corrected chi connectivity index (χ1v) is 8.21. The molecular weight excluding hydrogens is 336 g/mol. The molecule has 4 aromatic rings. The predicted octanol–water partition coefficient (Wildman–Crippen LogP) is 3.29. The Hall–Kier alpha value is -2.99. The average Bonchev–Trinajstić information content (AvgIpc) is 3.27. The fourth-order valence-corrected chi connectivity index (χ4v) is 2.68. The second kappa shape index (κ2) is 6.86. The monoisotopic (exact) mass is 350 g/mol. The molecule has 0 aliphatic heterocycles. The maximum absolute atomic E-state index is 5.81. The van der Waals surface area contributed by atoms with E-state index in [9.17, 15) is 0 Å². The van der Waals surface area contributed by atoms with Crippen LogP contribution in [0.1, 0.15) is 11.1 Å². The van der Waals surface area contributed by atoms with Gasteiger partial charge in [-0.1, -0.05) is 47.1 Å². The number of hydrogen-bond acceptors (Lipinski definition) is 4. The Morgan fingerprint density at radius 3 is 2.48 bits per heavy atom. The lowest BCUT2D eigenvalue weighted by Crippen LogP contribution is -2.01. The van der Waals surface area contributed by atoms with Crippen LogP contribution < -0.4 is 0 Å². The lowest BCUT2D eigenvalue weighted by molar-refractivity contribution is 0.646. The molecule has 0 unspecified atom stereocenters. The highest BCUT2D eigenvalue weighted by Gasteiger charge is 2.06. The van der Waals surface area contributed by atoms with Gasteiger partial charge in [-0.25, -0.2) is 9.67 Å². The van der Waals surface area contributed by atoms with Crippen LogP contribution in [0.4, 0.5) is 0 Å². The van der Waals surface area contributed by atoms with E-state index in [1.165, 1.54) is 5.56 Å². The molecule has 3 aromatic heterocycles. The normalized spacial score (nSPS) is 10.9. The van der Waals surface area contributed by atoms with E-state index in [1.807, 2.05) is 47.5 Å². The van der Waals surface area contributed by atoms with Crippen LogP contribution in [0, 0.1) is 0 Å². The van der Waals surface area contributed by atoms with Gasteiger partial charge in [-0.3, -0.25) is 4.68 Å². The fourth-order valence-electron chi connectivity index (χ4n) is 2.57. The Bertz CT molecular complexity index is 959. The minimum absolute atomic E-state index is 0.460. The van der Waals surface area contributed by atoms with Crippen LogP contribution in [0.25, 0.3) is 11.3 Å². The molecule has 0 spiro atoms. The Morgan fingerprint density at radius 2 is 1.68 bits per heavy atom. The molecule has 7 heteroatoms. The SMILES string of the molecule is Clc1ccc(-c2cn(Cc3cnn(Cc4ccccc4)c3)nn2)cn1. The van der Waals surface area contributed by atoms with Crippen LogP contribution in [0.5, 0.6) is 0 Å². The molecule has 6 nitrogen and oxygen atoms in total. The molecule has 0 N–H and O–H groups in total. The van der Waals surface area contributed by atoms with E-state index in [-0.39, 0.29) is 0 Å². The molecule has 124 valence electrons. The van der Waals surface area contributed by atoms with Crippen molar-refractivity contribution in [2.75, 3.05) is 0 Å². The van der Waals surface area contributed by atoms with Crippen LogP contribution in [0.2, 0.25) is 5.15 Å². The van der Waals surface area contributed by atoms with Crippen LogP contribution in [0.3, 0.4) is 0 Å². The second-order valence-electron chi connectivity index (χ2n) is 5.70. The van der Waals surface area contributed by atoms with E-state index in [0.717, 1.165) is 23.4 Å². The van der Waals surface area contributed by atoms with Crippen molar-refractivity contribution in [1.82, 2.24) is 29.8 Å². The number of benzene rings is 1. The quantitative estimate of drug-likeness (QED) is 0.518.